The number of anilines is 1. The molecule has 3 rings (SSSR count). The molecule has 0 aromatic heterocycles. The summed E-state index contributed by atoms with van der Waals surface area (Å²) in [5.74, 6) is -2.60. The number of nitrogens with zero attached hydrogens (tertiary/aromatic N) is 2. The van der Waals surface area contributed by atoms with E-state index >= 15 is 0 Å². The highest BCUT2D eigenvalue weighted by atomic mass is 16.5. The molecule has 0 bridgehead atoms. The lowest BCUT2D eigenvalue weighted by molar-refractivity contribution is -0.151. The molecule has 1 aliphatic rings. The van der Waals surface area contributed by atoms with Crippen molar-refractivity contribution in [2.75, 3.05) is 38.3 Å². The van der Waals surface area contributed by atoms with Crippen molar-refractivity contribution in [2.45, 2.75) is 6.54 Å². The molecule has 8 heteroatoms. The van der Waals surface area contributed by atoms with Crippen LogP contribution in [0.5, 0.6) is 0 Å². The van der Waals surface area contributed by atoms with Crippen molar-refractivity contribution in [3.8, 4) is 0 Å². The monoisotopic (exact) mass is 410 g/mol. The minimum absolute atomic E-state index is 0.250. The summed E-state index contributed by atoms with van der Waals surface area (Å²) in [5, 5.41) is 0. The molecular formula is C22H22N2O6. The molecule has 0 N–H and O–H groups in total. The SMILES string of the molecule is COCCN(Cc1ccccc1)C(=O)COC(=O)CN1C(=O)C(=O)c2ccccc21. The van der Waals surface area contributed by atoms with Crippen molar-refractivity contribution in [2.24, 2.45) is 0 Å². The van der Waals surface area contributed by atoms with E-state index in [1.54, 1.807) is 18.2 Å². The molecule has 0 saturated heterocycles. The first-order valence-electron chi connectivity index (χ1n) is 9.42. The van der Waals surface area contributed by atoms with Gasteiger partial charge in [-0.1, -0.05) is 42.5 Å². The molecule has 0 atom stereocenters. The lowest BCUT2D eigenvalue weighted by Gasteiger charge is -2.23. The number of esters is 1. The van der Waals surface area contributed by atoms with Crippen molar-refractivity contribution in [3.63, 3.8) is 0 Å². The molecule has 0 radical (unpaired) electrons. The number of ether oxygens (including phenoxy) is 2. The Kier molecular flexibility index (Phi) is 6.92. The molecular weight excluding hydrogens is 388 g/mol. The quantitative estimate of drug-likeness (QED) is 0.459. The van der Waals surface area contributed by atoms with E-state index in [1.165, 1.54) is 18.1 Å². The zero-order chi connectivity index (χ0) is 21.5. The number of carbonyl (C=O) groups is 4. The zero-order valence-corrected chi connectivity index (χ0v) is 16.6. The summed E-state index contributed by atoms with van der Waals surface area (Å²) in [6.07, 6.45) is 0. The van der Waals surface area contributed by atoms with Gasteiger partial charge in [-0.3, -0.25) is 24.1 Å². The van der Waals surface area contributed by atoms with Gasteiger partial charge in [0, 0.05) is 20.2 Å². The van der Waals surface area contributed by atoms with Gasteiger partial charge in [-0.2, -0.15) is 0 Å². The third kappa shape index (κ3) is 4.90. The van der Waals surface area contributed by atoms with Gasteiger partial charge in [0.25, 0.3) is 17.6 Å². The second-order valence-electron chi connectivity index (χ2n) is 6.69. The first-order chi connectivity index (χ1) is 14.5. The van der Waals surface area contributed by atoms with Crippen molar-refractivity contribution in [3.05, 3.63) is 65.7 Å². The molecule has 1 heterocycles. The largest absolute Gasteiger partial charge is 0.454 e. The van der Waals surface area contributed by atoms with Gasteiger partial charge in [0.2, 0.25) is 0 Å². The lowest BCUT2D eigenvalue weighted by Crippen LogP contribution is -2.39. The average Bonchev–Trinajstić information content (AvgIpc) is 3.00. The van der Waals surface area contributed by atoms with Crippen LogP contribution in [-0.2, 0) is 30.4 Å². The number of methoxy groups -OCH3 is 1. The summed E-state index contributed by atoms with van der Waals surface area (Å²) in [6.45, 7) is 0.133. The summed E-state index contributed by atoms with van der Waals surface area (Å²) >= 11 is 0. The summed E-state index contributed by atoms with van der Waals surface area (Å²) in [6, 6.07) is 15.9. The molecule has 0 fully saturated rings. The number of carbonyl (C=O) groups excluding carboxylic acids is 4. The van der Waals surface area contributed by atoms with Crippen LogP contribution in [0.1, 0.15) is 15.9 Å². The summed E-state index contributed by atoms with van der Waals surface area (Å²) < 4.78 is 10.1. The lowest BCUT2D eigenvalue weighted by atomic mass is 10.1. The standard InChI is InChI=1S/C22H22N2O6/c1-29-12-11-23(13-16-7-3-2-4-8-16)19(25)15-30-20(26)14-24-18-10-6-5-9-17(18)21(27)22(24)28/h2-10H,11-15H2,1H3. The molecule has 0 aliphatic carbocycles. The molecule has 2 aromatic rings. The van der Waals surface area contributed by atoms with Gasteiger partial charge in [0.1, 0.15) is 6.54 Å². The normalized spacial score (nSPS) is 12.6. The molecule has 0 spiro atoms. The molecule has 2 amide bonds. The first kappa shape index (κ1) is 21.2. The Labute approximate surface area is 174 Å². The van der Waals surface area contributed by atoms with Crippen molar-refractivity contribution in [1.29, 1.82) is 0 Å². The molecule has 156 valence electrons. The molecule has 1 aliphatic heterocycles. The van der Waals surface area contributed by atoms with E-state index in [-0.39, 0.29) is 11.5 Å². The van der Waals surface area contributed by atoms with Crippen molar-refractivity contribution >= 4 is 29.3 Å². The predicted molar refractivity (Wildman–Crippen MR) is 108 cm³/mol. The Morgan fingerprint density at radius 1 is 1.00 bits per heavy atom. The van der Waals surface area contributed by atoms with E-state index in [9.17, 15) is 19.2 Å². The van der Waals surface area contributed by atoms with E-state index < -0.39 is 30.8 Å². The van der Waals surface area contributed by atoms with Crippen LogP contribution >= 0.6 is 0 Å². The van der Waals surface area contributed by atoms with Gasteiger partial charge < -0.3 is 14.4 Å². The number of benzene rings is 2. The van der Waals surface area contributed by atoms with Crippen LogP contribution in [-0.4, -0.2) is 61.9 Å². The molecule has 0 saturated carbocycles. The number of hydrogen-bond donors (Lipinski definition) is 0. The van der Waals surface area contributed by atoms with Gasteiger partial charge in [0.15, 0.2) is 6.61 Å². The molecule has 8 nitrogen and oxygen atoms in total. The number of para-hydroxylation sites is 1. The van der Waals surface area contributed by atoms with Gasteiger partial charge in [0.05, 0.1) is 17.9 Å². The zero-order valence-electron chi connectivity index (χ0n) is 16.6. The average molecular weight is 410 g/mol. The van der Waals surface area contributed by atoms with Gasteiger partial charge in [-0.25, -0.2) is 0 Å². The minimum Gasteiger partial charge on any atom is -0.454 e. The number of Topliss-reactive ketones (excluding diaryl/α,β-unsaturated/α-hetero) is 1. The van der Waals surface area contributed by atoms with E-state index in [1.807, 2.05) is 30.3 Å². The van der Waals surface area contributed by atoms with Gasteiger partial charge in [-0.05, 0) is 17.7 Å². The van der Waals surface area contributed by atoms with Crippen LogP contribution in [0.3, 0.4) is 0 Å². The maximum Gasteiger partial charge on any atom is 0.326 e. The van der Waals surface area contributed by atoms with Gasteiger partial charge >= 0.3 is 5.97 Å². The van der Waals surface area contributed by atoms with E-state index in [2.05, 4.69) is 0 Å². The molecule has 30 heavy (non-hydrogen) atoms. The Morgan fingerprint density at radius 2 is 1.70 bits per heavy atom. The number of fused-ring (bicyclic) bond motifs is 1. The Bertz CT molecular complexity index is 944. The third-order valence-corrected chi connectivity index (χ3v) is 4.66. The highest BCUT2D eigenvalue weighted by Gasteiger charge is 2.36. The summed E-state index contributed by atoms with van der Waals surface area (Å²) in [5.41, 5.74) is 1.55. The van der Waals surface area contributed by atoms with Crippen molar-refractivity contribution in [1.82, 2.24) is 4.90 Å². The fourth-order valence-electron chi connectivity index (χ4n) is 3.11. The maximum atomic E-state index is 12.6. The third-order valence-electron chi connectivity index (χ3n) is 4.66. The van der Waals surface area contributed by atoms with Crippen LogP contribution in [0.15, 0.2) is 54.6 Å². The molecule has 0 unspecified atom stereocenters. The Morgan fingerprint density at radius 3 is 2.43 bits per heavy atom. The van der Waals surface area contributed by atoms with Crippen LogP contribution in [0, 0.1) is 0 Å². The van der Waals surface area contributed by atoms with Gasteiger partial charge in [-0.15, -0.1) is 0 Å². The second-order valence-corrected chi connectivity index (χ2v) is 6.69. The van der Waals surface area contributed by atoms with E-state index in [4.69, 9.17) is 9.47 Å². The Hall–Kier alpha value is -3.52. The second kappa shape index (κ2) is 9.80. The van der Waals surface area contributed by atoms with Crippen LogP contribution < -0.4 is 4.90 Å². The number of ketones is 1. The highest BCUT2D eigenvalue weighted by molar-refractivity contribution is 6.52. The minimum atomic E-state index is -0.787. The van der Waals surface area contributed by atoms with Crippen LogP contribution in [0.2, 0.25) is 0 Å². The summed E-state index contributed by atoms with van der Waals surface area (Å²) in [7, 11) is 1.54. The van der Waals surface area contributed by atoms with E-state index in [0.29, 0.717) is 25.4 Å². The topological polar surface area (TPSA) is 93.2 Å². The fourth-order valence-corrected chi connectivity index (χ4v) is 3.11. The molecule has 2 aromatic carbocycles. The van der Waals surface area contributed by atoms with E-state index in [0.717, 1.165) is 10.5 Å². The predicted octanol–water partition coefficient (Wildman–Crippen LogP) is 1.43. The highest BCUT2D eigenvalue weighted by Crippen LogP contribution is 2.28. The van der Waals surface area contributed by atoms with Crippen LogP contribution in [0.25, 0.3) is 0 Å². The number of hydrogen-bond acceptors (Lipinski definition) is 6. The smallest absolute Gasteiger partial charge is 0.326 e. The fraction of sp³-hybridized carbons (Fsp3) is 0.273. The number of rotatable bonds is 9. The Balaban J connectivity index is 1.58. The van der Waals surface area contributed by atoms with Crippen molar-refractivity contribution < 1.29 is 28.7 Å². The summed E-state index contributed by atoms with van der Waals surface area (Å²) in [4.78, 5) is 51.6. The number of amides is 2. The first-order valence-corrected chi connectivity index (χ1v) is 9.42. The van der Waals surface area contributed by atoms with Crippen LogP contribution in [0.4, 0.5) is 5.69 Å². The maximum absolute atomic E-state index is 12.6.